The highest BCUT2D eigenvalue weighted by molar-refractivity contribution is 6.24. The summed E-state index contributed by atoms with van der Waals surface area (Å²) < 4.78 is 0. The van der Waals surface area contributed by atoms with Crippen LogP contribution in [0.5, 0.6) is 0 Å². The molecule has 0 radical (unpaired) electrons. The highest BCUT2D eigenvalue weighted by Gasteiger charge is 2.21. The normalized spacial score (nSPS) is 11.3. The monoisotopic (exact) mass is 839 g/mol. The van der Waals surface area contributed by atoms with E-state index < -0.39 is 0 Å². The molecule has 0 aliphatic rings. The Labute approximate surface area is 384 Å². The molecule has 66 heavy (non-hydrogen) atoms. The smallest absolute Gasteiger partial charge is 0.164 e. The van der Waals surface area contributed by atoms with E-state index in [0.29, 0.717) is 17.5 Å². The number of aromatic nitrogens is 3. The molecule has 0 saturated carbocycles. The van der Waals surface area contributed by atoms with Gasteiger partial charge in [0, 0.05) is 16.7 Å². The molecule has 12 aromatic rings. The fraction of sp³-hybridized carbons (Fsp3) is 0. The second kappa shape index (κ2) is 16.7. The molecule has 3 heteroatoms. The van der Waals surface area contributed by atoms with E-state index in [0.717, 1.165) is 55.3 Å². The van der Waals surface area contributed by atoms with E-state index in [1.165, 1.54) is 49.4 Å². The van der Waals surface area contributed by atoms with Crippen LogP contribution in [0.15, 0.2) is 249 Å². The molecule has 0 amide bonds. The van der Waals surface area contributed by atoms with Gasteiger partial charge in [-0.3, -0.25) is 0 Å². The van der Waals surface area contributed by atoms with E-state index in [1.807, 2.05) is 12.1 Å². The van der Waals surface area contributed by atoms with Crippen LogP contribution in [-0.4, -0.2) is 15.0 Å². The summed E-state index contributed by atoms with van der Waals surface area (Å²) in [4.78, 5) is 16.0. The average Bonchev–Trinajstić information content (AvgIpc) is 3.40. The molecule has 3 nitrogen and oxygen atoms in total. The van der Waals surface area contributed by atoms with Crippen molar-refractivity contribution in [2.45, 2.75) is 0 Å². The summed E-state index contributed by atoms with van der Waals surface area (Å²) in [6.07, 6.45) is 0. The first-order chi connectivity index (χ1) is 32.7. The van der Waals surface area contributed by atoms with Crippen molar-refractivity contribution in [1.29, 1.82) is 0 Å². The quantitative estimate of drug-likeness (QED) is 0.143. The van der Waals surface area contributed by atoms with Gasteiger partial charge in [-0.05, 0) is 100 Å². The lowest BCUT2D eigenvalue weighted by Crippen LogP contribution is -2.02. The van der Waals surface area contributed by atoms with Crippen LogP contribution in [0.2, 0.25) is 0 Å². The predicted octanol–water partition coefficient (Wildman–Crippen LogP) is 16.7. The van der Waals surface area contributed by atoms with Gasteiger partial charge in [0.2, 0.25) is 0 Å². The van der Waals surface area contributed by atoms with E-state index in [4.69, 9.17) is 15.0 Å². The molecule has 0 aliphatic carbocycles. The summed E-state index contributed by atoms with van der Waals surface area (Å²) in [5.74, 6) is 1.86. The van der Waals surface area contributed by atoms with Gasteiger partial charge in [0.25, 0.3) is 0 Å². The van der Waals surface area contributed by atoms with E-state index in [1.54, 1.807) is 0 Å². The first kappa shape index (κ1) is 38.9. The Morgan fingerprint density at radius 2 is 0.561 bits per heavy atom. The zero-order valence-electron chi connectivity index (χ0n) is 36.0. The standard InChI is InChI=1S/C63H41N3/c1-4-19-42(20-5-1)44-35-37-46(38-36-44)59-52-30-13-15-32-54(52)60(55-33-16-14-31-53(55)59)56-39-40-58(51-29-12-11-28-50(51)56)63-65-61(48-26-18-25-47(41-48)43-21-6-2-7-22-43)64-62(66-63)57-34-17-10-27-49(57)45-23-8-3-9-24-45/h1-41H. The second-order valence-electron chi connectivity index (χ2n) is 16.7. The Balaban J connectivity index is 1.06. The van der Waals surface area contributed by atoms with Crippen LogP contribution in [0, 0.1) is 0 Å². The fourth-order valence-electron chi connectivity index (χ4n) is 9.66. The second-order valence-corrected chi connectivity index (χ2v) is 16.7. The number of hydrogen-bond donors (Lipinski definition) is 0. The highest BCUT2D eigenvalue weighted by atomic mass is 15.0. The lowest BCUT2D eigenvalue weighted by molar-refractivity contribution is 1.08. The molecular formula is C63H41N3. The Hall–Kier alpha value is -8.79. The van der Waals surface area contributed by atoms with Crippen molar-refractivity contribution in [3.05, 3.63) is 249 Å². The van der Waals surface area contributed by atoms with Crippen LogP contribution < -0.4 is 0 Å². The van der Waals surface area contributed by atoms with Gasteiger partial charge in [-0.25, -0.2) is 15.0 Å². The van der Waals surface area contributed by atoms with Gasteiger partial charge >= 0.3 is 0 Å². The minimum atomic E-state index is 0.619. The molecule has 0 saturated heterocycles. The van der Waals surface area contributed by atoms with Crippen LogP contribution in [0.4, 0.5) is 0 Å². The zero-order valence-corrected chi connectivity index (χ0v) is 36.0. The van der Waals surface area contributed by atoms with Crippen molar-refractivity contribution in [3.8, 4) is 89.8 Å². The Kier molecular flexibility index (Phi) is 9.85. The number of benzene rings is 11. The molecule has 0 fully saturated rings. The minimum Gasteiger partial charge on any atom is -0.208 e. The number of fused-ring (bicyclic) bond motifs is 3. The fourth-order valence-corrected chi connectivity index (χ4v) is 9.66. The van der Waals surface area contributed by atoms with Crippen molar-refractivity contribution in [2.24, 2.45) is 0 Å². The van der Waals surface area contributed by atoms with Gasteiger partial charge in [-0.2, -0.15) is 0 Å². The van der Waals surface area contributed by atoms with Gasteiger partial charge in [0.05, 0.1) is 0 Å². The van der Waals surface area contributed by atoms with Crippen LogP contribution in [0.1, 0.15) is 0 Å². The summed E-state index contributed by atoms with van der Waals surface area (Å²) in [7, 11) is 0. The van der Waals surface area contributed by atoms with Gasteiger partial charge in [-0.15, -0.1) is 0 Å². The van der Waals surface area contributed by atoms with Gasteiger partial charge in [0.15, 0.2) is 17.5 Å². The molecule has 1 heterocycles. The van der Waals surface area contributed by atoms with E-state index in [9.17, 15) is 0 Å². The molecule has 0 atom stereocenters. The molecule has 12 rings (SSSR count). The lowest BCUT2D eigenvalue weighted by Gasteiger charge is -2.20. The van der Waals surface area contributed by atoms with Crippen molar-refractivity contribution in [1.82, 2.24) is 15.0 Å². The summed E-state index contributed by atoms with van der Waals surface area (Å²) in [5.41, 5.74) is 14.4. The van der Waals surface area contributed by atoms with Crippen LogP contribution in [-0.2, 0) is 0 Å². The third-order valence-corrected chi connectivity index (χ3v) is 12.8. The first-order valence-corrected chi connectivity index (χ1v) is 22.4. The predicted molar refractivity (Wildman–Crippen MR) is 276 cm³/mol. The molecule has 0 N–H and O–H groups in total. The van der Waals surface area contributed by atoms with Gasteiger partial charge in [0.1, 0.15) is 0 Å². The molecule has 0 bridgehead atoms. The Bertz CT molecular complexity index is 3670. The van der Waals surface area contributed by atoms with Crippen molar-refractivity contribution < 1.29 is 0 Å². The third kappa shape index (κ3) is 7.00. The SMILES string of the molecule is c1ccc(-c2ccc(-c3c4ccccc4c(-c4ccc(-c5nc(-c6cccc(-c7ccccc7)c6)nc(-c6ccccc6-c6ccccc6)n5)c5ccccc45)c4ccccc34)cc2)cc1. The van der Waals surface area contributed by atoms with E-state index in [2.05, 4.69) is 237 Å². The van der Waals surface area contributed by atoms with Gasteiger partial charge < -0.3 is 0 Å². The summed E-state index contributed by atoms with van der Waals surface area (Å²) in [5, 5.41) is 7.04. The number of nitrogens with zero attached hydrogens (tertiary/aromatic N) is 3. The number of rotatable bonds is 8. The van der Waals surface area contributed by atoms with Crippen LogP contribution >= 0.6 is 0 Å². The lowest BCUT2D eigenvalue weighted by atomic mass is 9.84. The molecule has 0 unspecified atom stereocenters. The molecule has 1 aromatic heterocycles. The molecule has 308 valence electrons. The van der Waals surface area contributed by atoms with Crippen molar-refractivity contribution in [2.75, 3.05) is 0 Å². The largest absolute Gasteiger partial charge is 0.208 e. The molecule has 0 spiro atoms. The van der Waals surface area contributed by atoms with Crippen LogP contribution in [0.3, 0.4) is 0 Å². The van der Waals surface area contributed by atoms with E-state index in [-0.39, 0.29) is 0 Å². The first-order valence-electron chi connectivity index (χ1n) is 22.4. The molecular weight excluding hydrogens is 799 g/mol. The maximum Gasteiger partial charge on any atom is 0.164 e. The Morgan fingerprint density at radius 3 is 1.17 bits per heavy atom. The average molecular weight is 840 g/mol. The van der Waals surface area contributed by atoms with Crippen molar-refractivity contribution >= 4 is 32.3 Å². The van der Waals surface area contributed by atoms with E-state index >= 15 is 0 Å². The van der Waals surface area contributed by atoms with Crippen molar-refractivity contribution in [3.63, 3.8) is 0 Å². The van der Waals surface area contributed by atoms with Gasteiger partial charge in [-0.1, -0.05) is 237 Å². The van der Waals surface area contributed by atoms with Crippen LogP contribution in [0.25, 0.3) is 122 Å². The Morgan fingerprint density at radius 1 is 0.182 bits per heavy atom. The summed E-state index contributed by atoms with van der Waals surface area (Å²) >= 11 is 0. The maximum atomic E-state index is 5.37. The summed E-state index contributed by atoms with van der Waals surface area (Å²) in [6.45, 7) is 0. The minimum absolute atomic E-state index is 0.619. The highest BCUT2D eigenvalue weighted by Crippen LogP contribution is 2.47. The third-order valence-electron chi connectivity index (χ3n) is 12.8. The zero-order chi connectivity index (χ0) is 43.8. The topological polar surface area (TPSA) is 38.7 Å². The maximum absolute atomic E-state index is 5.37. The molecule has 11 aromatic carbocycles. The molecule has 0 aliphatic heterocycles. The summed E-state index contributed by atoms with van der Waals surface area (Å²) in [6, 6.07) is 88.4. The number of hydrogen-bond acceptors (Lipinski definition) is 3.